The Hall–Kier alpha value is -2.15. The van der Waals surface area contributed by atoms with Gasteiger partial charge in [0, 0.05) is 32.0 Å². The first-order valence-corrected chi connectivity index (χ1v) is 7.97. The molecule has 1 fully saturated rings. The van der Waals surface area contributed by atoms with Gasteiger partial charge >= 0.3 is 0 Å². The van der Waals surface area contributed by atoms with Crippen molar-refractivity contribution < 1.29 is 4.79 Å². The number of hydrogen-bond acceptors (Lipinski definition) is 4. The van der Waals surface area contributed by atoms with Crippen LogP contribution in [0.1, 0.15) is 29.5 Å². The Labute approximate surface area is 136 Å². The third-order valence-corrected chi connectivity index (χ3v) is 4.29. The maximum atomic E-state index is 12.2. The average molecular weight is 316 g/mol. The first kappa shape index (κ1) is 15.7. The summed E-state index contributed by atoms with van der Waals surface area (Å²) in [6.45, 7) is 8.18. The van der Waals surface area contributed by atoms with Crippen LogP contribution in [0.3, 0.4) is 0 Å². The van der Waals surface area contributed by atoms with Crippen LogP contribution in [0.4, 0.5) is 5.69 Å². The van der Waals surface area contributed by atoms with E-state index in [1.807, 2.05) is 27.1 Å². The third kappa shape index (κ3) is 3.44. The van der Waals surface area contributed by atoms with Gasteiger partial charge in [0.05, 0.1) is 29.7 Å². The maximum Gasteiger partial charge on any atom is 0.238 e. The zero-order valence-electron chi connectivity index (χ0n) is 14.2. The van der Waals surface area contributed by atoms with Crippen molar-refractivity contribution in [2.45, 2.75) is 33.2 Å². The van der Waals surface area contributed by atoms with Crippen molar-refractivity contribution >= 4 is 11.6 Å². The molecule has 0 aromatic carbocycles. The van der Waals surface area contributed by atoms with E-state index in [9.17, 15) is 4.79 Å². The molecule has 2 aromatic heterocycles. The number of aryl methyl sites for hydroxylation is 4. The highest BCUT2D eigenvalue weighted by molar-refractivity contribution is 5.92. The van der Waals surface area contributed by atoms with Crippen LogP contribution in [0.15, 0.2) is 12.3 Å². The topological polar surface area (TPSA) is 68.0 Å². The Morgan fingerprint density at radius 3 is 2.74 bits per heavy atom. The SMILES string of the molecule is Cc1cc(C)n([C@@H]2CCN(CC(=O)Nc3cn(C)nc3C)C2)n1. The molecule has 0 bridgehead atoms. The summed E-state index contributed by atoms with van der Waals surface area (Å²) in [5.41, 5.74) is 3.85. The lowest BCUT2D eigenvalue weighted by Gasteiger charge is -2.16. The van der Waals surface area contributed by atoms with Crippen LogP contribution in [0, 0.1) is 20.8 Å². The Morgan fingerprint density at radius 2 is 2.13 bits per heavy atom. The standard InChI is InChI=1S/C16H24N6O/c1-11-7-12(2)22(18-11)14-5-6-21(8-14)10-16(23)17-15-9-20(4)19-13(15)3/h7,9,14H,5-6,8,10H2,1-4H3,(H,17,23)/t14-/m1/s1. The molecule has 0 spiro atoms. The molecular weight excluding hydrogens is 292 g/mol. The second-order valence-electron chi connectivity index (χ2n) is 6.40. The Kier molecular flexibility index (Phi) is 4.21. The minimum Gasteiger partial charge on any atom is -0.322 e. The zero-order valence-corrected chi connectivity index (χ0v) is 14.2. The van der Waals surface area contributed by atoms with Gasteiger partial charge in [-0.3, -0.25) is 19.1 Å². The van der Waals surface area contributed by atoms with Gasteiger partial charge in [-0.2, -0.15) is 10.2 Å². The van der Waals surface area contributed by atoms with Crippen molar-refractivity contribution in [1.82, 2.24) is 24.5 Å². The molecule has 2 aromatic rings. The number of carbonyl (C=O) groups is 1. The zero-order chi connectivity index (χ0) is 16.6. The van der Waals surface area contributed by atoms with E-state index < -0.39 is 0 Å². The second kappa shape index (κ2) is 6.16. The molecule has 7 heteroatoms. The van der Waals surface area contributed by atoms with Crippen molar-refractivity contribution in [3.63, 3.8) is 0 Å². The fourth-order valence-corrected chi connectivity index (χ4v) is 3.29. The number of carbonyl (C=O) groups excluding carboxylic acids is 1. The minimum absolute atomic E-state index is 0.00937. The molecule has 0 aliphatic carbocycles. The number of amides is 1. The Morgan fingerprint density at radius 1 is 1.35 bits per heavy atom. The lowest BCUT2D eigenvalue weighted by Crippen LogP contribution is -2.32. The number of rotatable bonds is 4. The van der Waals surface area contributed by atoms with E-state index in [0.29, 0.717) is 12.6 Å². The van der Waals surface area contributed by atoms with E-state index in [1.165, 1.54) is 5.69 Å². The van der Waals surface area contributed by atoms with Gasteiger partial charge in [-0.15, -0.1) is 0 Å². The maximum absolute atomic E-state index is 12.2. The van der Waals surface area contributed by atoms with Gasteiger partial charge in [0.2, 0.25) is 5.91 Å². The molecule has 3 rings (SSSR count). The van der Waals surface area contributed by atoms with E-state index in [1.54, 1.807) is 4.68 Å². The average Bonchev–Trinajstić information content (AvgIpc) is 3.11. The van der Waals surface area contributed by atoms with Gasteiger partial charge in [-0.05, 0) is 33.3 Å². The normalized spacial score (nSPS) is 18.5. The molecule has 1 aliphatic rings. The molecular formula is C16H24N6O. The van der Waals surface area contributed by atoms with Gasteiger partial charge in [0.25, 0.3) is 0 Å². The Bertz CT molecular complexity index is 716. The van der Waals surface area contributed by atoms with E-state index in [2.05, 4.69) is 38.1 Å². The smallest absolute Gasteiger partial charge is 0.238 e. The number of nitrogens with zero attached hydrogens (tertiary/aromatic N) is 5. The molecule has 1 atom stereocenters. The second-order valence-corrected chi connectivity index (χ2v) is 6.40. The van der Waals surface area contributed by atoms with Crippen LogP contribution in [0.5, 0.6) is 0 Å². The number of nitrogens with one attached hydrogen (secondary N) is 1. The van der Waals surface area contributed by atoms with Gasteiger partial charge in [-0.1, -0.05) is 0 Å². The lowest BCUT2D eigenvalue weighted by molar-refractivity contribution is -0.117. The van der Waals surface area contributed by atoms with E-state index in [0.717, 1.165) is 36.6 Å². The lowest BCUT2D eigenvalue weighted by atomic mass is 10.2. The summed E-state index contributed by atoms with van der Waals surface area (Å²) in [5.74, 6) is 0.00937. The molecule has 0 saturated carbocycles. The van der Waals surface area contributed by atoms with E-state index in [4.69, 9.17) is 0 Å². The van der Waals surface area contributed by atoms with Gasteiger partial charge in [0.15, 0.2) is 0 Å². The van der Waals surface area contributed by atoms with Crippen molar-refractivity contribution in [1.29, 1.82) is 0 Å². The Balaban J connectivity index is 1.56. The molecule has 1 amide bonds. The summed E-state index contributed by atoms with van der Waals surface area (Å²) in [5, 5.41) is 11.7. The van der Waals surface area contributed by atoms with Crippen molar-refractivity contribution in [2.75, 3.05) is 25.0 Å². The highest BCUT2D eigenvalue weighted by atomic mass is 16.2. The molecule has 7 nitrogen and oxygen atoms in total. The van der Waals surface area contributed by atoms with Crippen LogP contribution < -0.4 is 5.32 Å². The fraction of sp³-hybridized carbons (Fsp3) is 0.562. The largest absolute Gasteiger partial charge is 0.322 e. The van der Waals surface area contributed by atoms with Gasteiger partial charge in [0.1, 0.15) is 0 Å². The molecule has 23 heavy (non-hydrogen) atoms. The summed E-state index contributed by atoms with van der Waals surface area (Å²) >= 11 is 0. The van der Waals surface area contributed by atoms with Crippen LogP contribution in [-0.2, 0) is 11.8 Å². The summed E-state index contributed by atoms with van der Waals surface area (Å²) in [6, 6.07) is 2.46. The summed E-state index contributed by atoms with van der Waals surface area (Å²) < 4.78 is 3.80. The van der Waals surface area contributed by atoms with Crippen LogP contribution >= 0.6 is 0 Å². The molecule has 0 unspecified atom stereocenters. The van der Waals surface area contributed by atoms with Crippen LogP contribution in [0.25, 0.3) is 0 Å². The summed E-state index contributed by atoms with van der Waals surface area (Å²) in [4.78, 5) is 14.4. The monoisotopic (exact) mass is 316 g/mol. The van der Waals surface area contributed by atoms with E-state index >= 15 is 0 Å². The van der Waals surface area contributed by atoms with Crippen molar-refractivity contribution in [3.8, 4) is 0 Å². The number of hydrogen-bond donors (Lipinski definition) is 1. The first-order valence-electron chi connectivity index (χ1n) is 7.97. The molecule has 124 valence electrons. The molecule has 1 N–H and O–H groups in total. The summed E-state index contributed by atoms with van der Waals surface area (Å²) in [7, 11) is 1.85. The highest BCUT2D eigenvalue weighted by Crippen LogP contribution is 2.23. The molecule has 0 radical (unpaired) electrons. The highest BCUT2D eigenvalue weighted by Gasteiger charge is 2.27. The fourth-order valence-electron chi connectivity index (χ4n) is 3.29. The number of likely N-dealkylation sites (tertiary alicyclic amines) is 1. The molecule has 1 aliphatic heterocycles. The van der Waals surface area contributed by atoms with Gasteiger partial charge < -0.3 is 5.32 Å². The number of aromatic nitrogens is 4. The predicted molar refractivity (Wildman–Crippen MR) is 88.4 cm³/mol. The van der Waals surface area contributed by atoms with E-state index in [-0.39, 0.29) is 5.91 Å². The van der Waals surface area contributed by atoms with Crippen LogP contribution in [-0.4, -0.2) is 50.0 Å². The minimum atomic E-state index is 0.00937. The van der Waals surface area contributed by atoms with Crippen molar-refractivity contribution in [3.05, 3.63) is 29.3 Å². The quantitative estimate of drug-likeness (QED) is 0.926. The summed E-state index contributed by atoms with van der Waals surface area (Å²) in [6.07, 6.45) is 2.86. The molecule has 1 saturated heterocycles. The van der Waals surface area contributed by atoms with Gasteiger partial charge in [-0.25, -0.2) is 0 Å². The predicted octanol–water partition coefficient (Wildman–Crippen LogP) is 1.43. The third-order valence-electron chi connectivity index (χ3n) is 4.29. The number of anilines is 1. The van der Waals surface area contributed by atoms with Crippen LogP contribution in [0.2, 0.25) is 0 Å². The molecule has 3 heterocycles. The first-order chi connectivity index (χ1) is 10.9. The van der Waals surface area contributed by atoms with Crippen molar-refractivity contribution in [2.24, 2.45) is 7.05 Å².